The molecule has 0 aliphatic carbocycles. The normalized spacial score (nSPS) is 16.1. The maximum absolute atomic E-state index is 11.7. The Bertz CT molecular complexity index is 248. The third-order valence-corrected chi connectivity index (χ3v) is 2.75. The lowest BCUT2D eigenvalue weighted by Crippen LogP contribution is -2.51. The third kappa shape index (κ3) is 5.37. The minimum absolute atomic E-state index is 0.00707. The van der Waals surface area contributed by atoms with Gasteiger partial charge in [0.05, 0.1) is 0 Å². The molecule has 16 heavy (non-hydrogen) atoms. The Kier molecular flexibility index (Phi) is 7.16. The molecule has 6 heteroatoms. The number of thiol groups is 1. The number of aliphatic hydroxyl groups excluding tert-OH is 1. The van der Waals surface area contributed by atoms with Gasteiger partial charge < -0.3 is 15.7 Å². The molecule has 0 rings (SSSR count). The number of hydrogen-bond acceptors (Lipinski definition) is 4. The van der Waals surface area contributed by atoms with Crippen LogP contribution in [0.2, 0.25) is 0 Å². The Balaban J connectivity index is 4.25. The molecule has 0 aromatic carbocycles. The SMILES string of the molecule is CC(=O)NC(CS)C(=O)NC(C)C(C)CO. The van der Waals surface area contributed by atoms with Gasteiger partial charge in [0.25, 0.3) is 0 Å². The molecular formula is C10H20N2O3S. The Morgan fingerprint density at radius 1 is 1.31 bits per heavy atom. The van der Waals surface area contributed by atoms with Crippen LogP contribution < -0.4 is 10.6 Å². The fraction of sp³-hybridized carbons (Fsp3) is 0.800. The summed E-state index contributed by atoms with van der Waals surface area (Å²) in [7, 11) is 0. The largest absolute Gasteiger partial charge is 0.396 e. The van der Waals surface area contributed by atoms with E-state index in [9.17, 15) is 9.59 Å². The van der Waals surface area contributed by atoms with Crippen molar-refractivity contribution in [3.63, 3.8) is 0 Å². The monoisotopic (exact) mass is 248 g/mol. The van der Waals surface area contributed by atoms with Crippen LogP contribution >= 0.6 is 12.6 Å². The van der Waals surface area contributed by atoms with E-state index in [1.165, 1.54) is 6.92 Å². The molecule has 0 aromatic heterocycles. The quantitative estimate of drug-likeness (QED) is 0.481. The minimum Gasteiger partial charge on any atom is -0.396 e. The van der Waals surface area contributed by atoms with Crippen LogP contribution in [0.5, 0.6) is 0 Å². The highest BCUT2D eigenvalue weighted by molar-refractivity contribution is 7.80. The Morgan fingerprint density at radius 3 is 2.25 bits per heavy atom. The molecule has 2 amide bonds. The lowest BCUT2D eigenvalue weighted by atomic mass is 10.0. The van der Waals surface area contributed by atoms with Crippen LogP contribution in [0.15, 0.2) is 0 Å². The lowest BCUT2D eigenvalue weighted by Gasteiger charge is -2.22. The van der Waals surface area contributed by atoms with Gasteiger partial charge in [-0.2, -0.15) is 12.6 Å². The molecule has 0 heterocycles. The highest BCUT2D eigenvalue weighted by Crippen LogP contribution is 2.01. The second-order valence-corrected chi connectivity index (χ2v) is 4.26. The van der Waals surface area contributed by atoms with Gasteiger partial charge in [-0.25, -0.2) is 0 Å². The first kappa shape index (κ1) is 15.2. The standard InChI is InChI=1S/C10H20N2O3S/c1-6(4-13)7(2)11-10(15)9(5-16)12-8(3)14/h6-7,9,13,16H,4-5H2,1-3H3,(H,11,15)(H,12,14). The van der Waals surface area contributed by atoms with Crippen molar-refractivity contribution >= 4 is 24.4 Å². The highest BCUT2D eigenvalue weighted by Gasteiger charge is 2.21. The van der Waals surface area contributed by atoms with Crippen LogP contribution in [0.3, 0.4) is 0 Å². The summed E-state index contributed by atoms with van der Waals surface area (Å²) in [5, 5.41) is 14.1. The van der Waals surface area contributed by atoms with Crippen molar-refractivity contribution in [3.8, 4) is 0 Å². The van der Waals surface area contributed by atoms with Crippen molar-refractivity contribution in [1.82, 2.24) is 10.6 Å². The van der Waals surface area contributed by atoms with Gasteiger partial charge in [0.2, 0.25) is 11.8 Å². The van der Waals surface area contributed by atoms with Crippen LogP contribution in [0.1, 0.15) is 20.8 Å². The Labute approximate surface area is 101 Å². The fourth-order valence-electron chi connectivity index (χ4n) is 1.06. The van der Waals surface area contributed by atoms with Gasteiger partial charge in [-0.15, -0.1) is 0 Å². The molecular weight excluding hydrogens is 228 g/mol. The van der Waals surface area contributed by atoms with Crippen molar-refractivity contribution in [1.29, 1.82) is 0 Å². The summed E-state index contributed by atoms with van der Waals surface area (Å²) in [5.74, 6) is -0.331. The molecule has 0 aliphatic heterocycles. The predicted octanol–water partition coefficient (Wildman–Crippen LogP) is -0.446. The van der Waals surface area contributed by atoms with E-state index in [0.29, 0.717) is 0 Å². The molecule has 0 radical (unpaired) electrons. The summed E-state index contributed by atoms with van der Waals surface area (Å²) < 4.78 is 0. The summed E-state index contributed by atoms with van der Waals surface area (Å²) in [6, 6.07) is -0.775. The molecule has 0 spiro atoms. The van der Waals surface area contributed by atoms with Gasteiger partial charge in [0, 0.05) is 25.3 Å². The Morgan fingerprint density at radius 2 is 1.88 bits per heavy atom. The van der Waals surface area contributed by atoms with E-state index >= 15 is 0 Å². The van der Waals surface area contributed by atoms with Crippen LogP contribution in [-0.4, -0.2) is 41.4 Å². The number of nitrogens with one attached hydrogen (secondary N) is 2. The first-order valence-electron chi connectivity index (χ1n) is 5.21. The van der Waals surface area contributed by atoms with E-state index in [1.807, 2.05) is 13.8 Å². The second-order valence-electron chi connectivity index (χ2n) is 3.89. The third-order valence-electron chi connectivity index (χ3n) is 2.39. The topological polar surface area (TPSA) is 78.4 Å². The molecule has 0 saturated heterocycles. The van der Waals surface area contributed by atoms with Gasteiger partial charge in [-0.3, -0.25) is 9.59 Å². The maximum Gasteiger partial charge on any atom is 0.243 e. The summed E-state index contributed by atoms with van der Waals surface area (Å²) in [5.41, 5.74) is 0. The van der Waals surface area contributed by atoms with Gasteiger partial charge in [-0.1, -0.05) is 6.92 Å². The number of carbonyl (C=O) groups is 2. The smallest absolute Gasteiger partial charge is 0.243 e. The first-order valence-corrected chi connectivity index (χ1v) is 5.84. The van der Waals surface area contributed by atoms with E-state index in [1.54, 1.807) is 0 Å². The summed E-state index contributed by atoms with van der Waals surface area (Å²) >= 11 is 4.00. The minimum atomic E-state index is -0.630. The molecule has 3 N–H and O–H groups in total. The molecule has 0 fully saturated rings. The number of carbonyl (C=O) groups excluding carboxylic acids is 2. The van der Waals surface area contributed by atoms with Gasteiger partial charge in [0.1, 0.15) is 6.04 Å². The molecule has 0 saturated carbocycles. The van der Waals surface area contributed by atoms with Crippen molar-refractivity contribution in [2.75, 3.05) is 12.4 Å². The average Bonchev–Trinajstić information content (AvgIpc) is 2.23. The lowest BCUT2D eigenvalue weighted by molar-refractivity contribution is -0.128. The fourth-order valence-corrected chi connectivity index (χ4v) is 1.32. The van der Waals surface area contributed by atoms with Crippen LogP contribution in [0, 0.1) is 5.92 Å². The zero-order valence-electron chi connectivity index (χ0n) is 9.86. The zero-order chi connectivity index (χ0) is 12.7. The number of rotatable bonds is 6. The first-order chi connectivity index (χ1) is 7.42. The average molecular weight is 248 g/mol. The Hall–Kier alpha value is -0.750. The van der Waals surface area contributed by atoms with Gasteiger partial charge >= 0.3 is 0 Å². The zero-order valence-corrected chi connectivity index (χ0v) is 10.8. The highest BCUT2D eigenvalue weighted by atomic mass is 32.1. The molecule has 0 aromatic rings. The summed E-state index contributed by atoms with van der Waals surface area (Å²) in [6.07, 6.45) is 0. The molecule has 94 valence electrons. The van der Waals surface area contributed by atoms with E-state index < -0.39 is 6.04 Å². The van der Waals surface area contributed by atoms with Crippen molar-refractivity contribution < 1.29 is 14.7 Å². The molecule has 3 atom stereocenters. The maximum atomic E-state index is 11.7. The van der Waals surface area contributed by atoms with E-state index in [2.05, 4.69) is 23.3 Å². The van der Waals surface area contributed by atoms with E-state index in [4.69, 9.17) is 5.11 Å². The van der Waals surface area contributed by atoms with E-state index in [-0.39, 0.29) is 36.1 Å². The molecule has 3 unspecified atom stereocenters. The van der Waals surface area contributed by atoms with Crippen LogP contribution in [0.4, 0.5) is 0 Å². The molecule has 0 aliphatic rings. The van der Waals surface area contributed by atoms with Gasteiger partial charge in [0.15, 0.2) is 0 Å². The van der Waals surface area contributed by atoms with Crippen LogP contribution in [0.25, 0.3) is 0 Å². The second kappa shape index (κ2) is 7.51. The number of hydrogen-bond donors (Lipinski definition) is 4. The van der Waals surface area contributed by atoms with Gasteiger partial charge in [-0.05, 0) is 12.8 Å². The summed E-state index contributed by atoms with van der Waals surface area (Å²) in [6.45, 7) is 5.00. The number of amides is 2. The predicted molar refractivity (Wildman–Crippen MR) is 65.3 cm³/mol. The summed E-state index contributed by atoms with van der Waals surface area (Å²) in [4.78, 5) is 22.5. The van der Waals surface area contributed by atoms with Crippen LogP contribution in [-0.2, 0) is 9.59 Å². The van der Waals surface area contributed by atoms with Crippen molar-refractivity contribution in [2.45, 2.75) is 32.9 Å². The van der Waals surface area contributed by atoms with E-state index in [0.717, 1.165) is 0 Å². The molecule has 5 nitrogen and oxygen atoms in total. The van der Waals surface area contributed by atoms with Crippen molar-refractivity contribution in [2.24, 2.45) is 5.92 Å². The van der Waals surface area contributed by atoms with Crippen molar-refractivity contribution in [3.05, 3.63) is 0 Å². The number of aliphatic hydroxyl groups is 1. The molecule has 0 bridgehead atoms.